The Bertz CT molecular complexity index is 871. The maximum atomic E-state index is 12.1. The predicted molar refractivity (Wildman–Crippen MR) is 96.1 cm³/mol. The summed E-state index contributed by atoms with van der Waals surface area (Å²) in [6.45, 7) is 0.864. The number of nitrogens with one attached hydrogen (secondary N) is 1. The lowest BCUT2D eigenvalue weighted by Gasteiger charge is -2.08. The number of carbonyl (C=O) groups is 1. The SMILES string of the molecule is O=C(NCCOc1ccc2c(c1)CCC2)c1csc(-c2ccco2)n1. The fraction of sp³-hybridized carbons (Fsp3) is 0.263. The van der Waals surface area contributed by atoms with E-state index >= 15 is 0 Å². The van der Waals surface area contributed by atoms with Gasteiger partial charge in [-0.3, -0.25) is 4.79 Å². The van der Waals surface area contributed by atoms with Gasteiger partial charge in [-0.15, -0.1) is 11.3 Å². The lowest BCUT2D eigenvalue weighted by atomic mass is 10.1. The lowest BCUT2D eigenvalue weighted by molar-refractivity contribution is 0.0943. The smallest absolute Gasteiger partial charge is 0.270 e. The number of aryl methyl sites for hydroxylation is 2. The molecule has 0 saturated carbocycles. The van der Waals surface area contributed by atoms with Crippen LogP contribution in [0.1, 0.15) is 28.0 Å². The zero-order valence-electron chi connectivity index (χ0n) is 13.7. The molecule has 1 aliphatic rings. The highest BCUT2D eigenvalue weighted by Crippen LogP contribution is 2.26. The molecule has 0 fully saturated rings. The van der Waals surface area contributed by atoms with E-state index in [0.29, 0.717) is 29.6 Å². The van der Waals surface area contributed by atoms with Crippen molar-refractivity contribution in [3.63, 3.8) is 0 Å². The highest BCUT2D eigenvalue weighted by molar-refractivity contribution is 7.13. The van der Waals surface area contributed by atoms with Gasteiger partial charge in [0, 0.05) is 5.38 Å². The van der Waals surface area contributed by atoms with Crippen molar-refractivity contribution in [3.05, 3.63) is 58.8 Å². The van der Waals surface area contributed by atoms with Gasteiger partial charge in [0.25, 0.3) is 5.91 Å². The van der Waals surface area contributed by atoms with Crippen LogP contribution < -0.4 is 10.1 Å². The molecule has 0 unspecified atom stereocenters. The number of benzene rings is 1. The van der Waals surface area contributed by atoms with E-state index in [2.05, 4.69) is 22.4 Å². The van der Waals surface area contributed by atoms with Crippen LogP contribution in [0, 0.1) is 0 Å². The Hall–Kier alpha value is -2.60. The van der Waals surface area contributed by atoms with Crippen LogP contribution in [0.25, 0.3) is 10.8 Å². The quantitative estimate of drug-likeness (QED) is 0.686. The molecule has 0 bridgehead atoms. The van der Waals surface area contributed by atoms with Gasteiger partial charge < -0.3 is 14.5 Å². The summed E-state index contributed by atoms with van der Waals surface area (Å²) >= 11 is 1.39. The first-order valence-electron chi connectivity index (χ1n) is 8.32. The van der Waals surface area contributed by atoms with Crippen LogP contribution >= 0.6 is 11.3 Å². The molecule has 3 aromatic rings. The average molecular weight is 354 g/mol. The predicted octanol–water partition coefficient (Wildman–Crippen LogP) is 3.70. The number of carbonyl (C=O) groups excluding carboxylic acids is 1. The molecule has 1 aromatic carbocycles. The van der Waals surface area contributed by atoms with E-state index in [1.165, 1.54) is 35.3 Å². The first kappa shape index (κ1) is 15.9. The molecule has 0 spiro atoms. The Morgan fingerprint density at radius 1 is 1.28 bits per heavy atom. The summed E-state index contributed by atoms with van der Waals surface area (Å²) in [5.41, 5.74) is 3.21. The van der Waals surface area contributed by atoms with Gasteiger partial charge >= 0.3 is 0 Å². The Morgan fingerprint density at radius 3 is 3.08 bits per heavy atom. The van der Waals surface area contributed by atoms with Crippen molar-refractivity contribution in [2.24, 2.45) is 0 Å². The van der Waals surface area contributed by atoms with E-state index in [9.17, 15) is 4.79 Å². The van der Waals surface area contributed by atoms with Crippen molar-refractivity contribution < 1.29 is 13.9 Å². The van der Waals surface area contributed by atoms with Crippen molar-refractivity contribution in [2.75, 3.05) is 13.2 Å². The summed E-state index contributed by atoms with van der Waals surface area (Å²) < 4.78 is 11.0. The Morgan fingerprint density at radius 2 is 2.20 bits per heavy atom. The molecule has 0 aliphatic heterocycles. The van der Waals surface area contributed by atoms with Gasteiger partial charge in [0.2, 0.25) is 0 Å². The maximum absolute atomic E-state index is 12.1. The monoisotopic (exact) mass is 354 g/mol. The summed E-state index contributed by atoms with van der Waals surface area (Å²) in [5, 5.41) is 5.26. The van der Waals surface area contributed by atoms with E-state index < -0.39 is 0 Å². The third-order valence-corrected chi connectivity index (χ3v) is 5.05. The van der Waals surface area contributed by atoms with E-state index in [4.69, 9.17) is 9.15 Å². The van der Waals surface area contributed by atoms with Gasteiger partial charge in [0.05, 0.1) is 12.8 Å². The topological polar surface area (TPSA) is 64.4 Å². The molecule has 5 nitrogen and oxygen atoms in total. The van der Waals surface area contributed by atoms with Gasteiger partial charge in [0.1, 0.15) is 18.1 Å². The first-order valence-corrected chi connectivity index (χ1v) is 9.20. The summed E-state index contributed by atoms with van der Waals surface area (Å²) in [7, 11) is 0. The number of hydrogen-bond donors (Lipinski definition) is 1. The fourth-order valence-electron chi connectivity index (χ4n) is 2.95. The Kier molecular flexibility index (Phi) is 4.52. The first-order chi connectivity index (χ1) is 12.3. The molecule has 6 heteroatoms. The van der Waals surface area contributed by atoms with Crippen molar-refractivity contribution in [2.45, 2.75) is 19.3 Å². The minimum atomic E-state index is -0.202. The number of hydrogen-bond acceptors (Lipinski definition) is 5. The van der Waals surface area contributed by atoms with Gasteiger partial charge in [-0.1, -0.05) is 6.07 Å². The molecule has 25 heavy (non-hydrogen) atoms. The maximum Gasteiger partial charge on any atom is 0.270 e. The molecular formula is C19H18N2O3S. The van der Waals surface area contributed by atoms with Crippen molar-refractivity contribution >= 4 is 17.2 Å². The second-order valence-corrected chi connectivity index (χ2v) is 6.76. The molecule has 4 rings (SSSR count). The number of rotatable bonds is 6. The second kappa shape index (κ2) is 7.11. The van der Waals surface area contributed by atoms with E-state index in [-0.39, 0.29) is 5.91 Å². The van der Waals surface area contributed by atoms with Crippen LogP contribution in [-0.4, -0.2) is 24.0 Å². The van der Waals surface area contributed by atoms with Crippen molar-refractivity contribution in [1.82, 2.24) is 10.3 Å². The number of furan rings is 1. The van der Waals surface area contributed by atoms with Gasteiger partial charge in [-0.25, -0.2) is 4.98 Å². The van der Waals surface area contributed by atoms with Gasteiger partial charge in [-0.05, 0) is 54.7 Å². The highest BCUT2D eigenvalue weighted by atomic mass is 32.1. The summed E-state index contributed by atoms with van der Waals surface area (Å²) in [5.74, 6) is 1.33. The van der Waals surface area contributed by atoms with E-state index in [0.717, 1.165) is 12.2 Å². The molecule has 2 aromatic heterocycles. The molecule has 0 atom stereocenters. The minimum absolute atomic E-state index is 0.202. The van der Waals surface area contributed by atoms with Gasteiger partial charge in [-0.2, -0.15) is 0 Å². The standard InChI is InChI=1S/C19H18N2O3S/c22-18(16-12-25-19(21-16)17-5-2-9-24-17)20-8-10-23-15-7-6-13-3-1-4-14(13)11-15/h2,5-7,9,11-12H,1,3-4,8,10H2,(H,20,22). The third-order valence-electron chi connectivity index (χ3n) is 4.20. The molecule has 128 valence electrons. The molecule has 0 saturated heterocycles. The number of nitrogens with zero attached hydrogens (tertiary/aromatic N) is 1. The van der Waals surface area contributed by atoms with Crippen LogP contribution in [-0.2, 0) is 12.8 Å². The number of aromatic nitrogens is 1. The summed E-state index contributed by atoms with van der Waals surface area (Å²) in [6.07, 6.45) is 5.11. The number of thiazole rings is 1. The second-order valence-electron chi connectivity index (χ2n) is 5.90. The van der Waals surface area contributed by atoms with Crippen molar-refractivity contribution in [3.8, 4) is 16.5 Å². The zero-order valence-corrected chi connectivity index (χ0v) is 14.5. The minimum Gasteiger partial charge on any atom is -0.492 e. The van der Waals surface area contributed by atoms with E-state index in [1.807, 2.05) is 12.1 Å². The normalized spacial score (nSPS) is 12.8. The van der Waals surface area contributed by atoms with Crippen LogP contribution in [0.5, 0.6) is 5.75 Å². The molecular weight excluding hydrogens is 336 g/mol. The molecule has 1 amide bonds. The Labute approximate surface area is 149 Å². The molecule has 2 heterocycles. The summed E-state index contributed by atoms with van der Waals surface area (Å²) in [6, 6.07) is 9.88. The highest BCUT2D eigenvalue weighted by Gasteiger charge is 2.13. The summed E-state index contributed by atoms with van der Waals surface area (Å²) in [4.78, 5) is 16.4. The largest absolute Gasteiger partial charge is 0.492 e. The average Bonchev–Trinajstić information content (AvgIpc) is 3.38. The lowest BCUT2D eigenvalue weighted by Crippen LogP contribution is -2.28. The number of ether oxygens (including phenoxy) is 1. The zero-order chi connectivity index (χ0) is 17.1. The molecule has 1 N–H and O–H groups in total. The fourth-order valence-corrected chi connectivity index (χ4v) is 3.72. The number of amides is 1. The van der Waals surface area contributed by atoms with Gasteiger partial charge in [0.15, 0.2) is 10.8 Å². The van der Waals surface area contributed by atoms with E-state index in [1.54, 1.807) is 17.7 Å². The van der Waals surface area contributed by atoms with Crippen LogP contribution in [0.3, 0.4) is 0 Å². The van der Waals surface area contributed by atoms with Crippen LogP contribution in [0.4, 0.5) is 0 Å². The van der Waals surface area contributed by atoms with Crippen molar-refractivity contribution in [1.29, 1.82) is 0 Å². The Balaban J connectivity index is 1.26. The molecule has 0 radical (unpaired) electrons. The van der Waals surface area contributed by atoms with Crippen LogP contribution in [0.2, 0.25) is 0 Å². The van der Waals surface area contributed by atoms with Crippen LogP contribution in [0.15, 0.2) is 46.4 Å². The third kappa shape index (κ3) is 3.58. The number of fused-ring (bicyclic) bond motifs is 1. The molecule has 1 aliphatic carbocycles.